The number of allylic oxidation sites excluding steroid dienone is 1. The van der Waals surface area contributed by atoms with Crippen LogP contribution in [0.5, 0.6) is 0 Å². The second-order valence-corrected chi connectivity index (χ2v) is 14.2. The number of hydrogen-bond donors (Lipinski definition) is 3. The Balaban J connectivity index is 1.57. The fraction of sp³-hybridized carbons (Fsp3) is 0.586. The molecule has 4 rings (SSSR count). The van der Waals surface area contributed by atoms with Crippen molar-refractivity contribution in [3.63, 3.8) is 0 Å². The molecule has 2 heterocycles. The van der Waals surface area contributed by atoms with E-state index in [0.717, 1.165) is 12.8 Å². The van der Waals surface area contributed by atoms with E-state index in [1.807, 2.05) is 12.2 Å². The monoisotopic (exact) mass is 622 g/mol. The lowest BCUT2D eigenvalue weighted by Crippen LogP contribution is -2.57. The first-order chi connectivity index (χ1) is 19.7. The zero-order valence-electron chi connectivity index (χ0n) is 24.2. The van der Waals surface area contributed by atoms with Crippen LogP contribution in [0.1, 0.15) is 72.1 Å². The molecule has 1 saturated carbocycles. The lowest BCUT2D eigenvalue weighted by Gasteiger charge is -2.30. The minimum Gasteiger partial charge on any atom is -0.436 e. The van der Waals surface area contributed by atoms with Gasteiger partial charge in [-0.2, -0.15) is 0 Å². The van der Waals surface area contributed by atoms with E-state index >= 15 is 0 Å². The van der Waals surface area contributed by atoms with Crippen LogP contribution < -0.4 is 15.4 Å². The van der Waals surface area contributed by atoms with Crippen LogP contribution in [-0.2, 0) is 29.1 Å². The Morgan fingerprint density at radius 2 is 1.83 bits per heavy atom. The largest absolute Gasteiger partial charge is 0.436 e. The van der Waals surface area contributed by atoms with Crippen molar-refractivity contribution in [1.29, 1.82) is 0 Å². The molecule has 3 aliphatic rings. The molecular formula is C29H39ClN4O7S. The Kier molecular flexibility index (Phi) is 9.56. The van der Waals surface area contributed by atoms with Crippen molar-refractivity contribution in [3.05, 3.63) is 41.4 Å². The number of alkyl carbamates (subject to hydrolysis) is 1. The second kappa shape index (κ2) is 12.6. The molecular weight excluding hydrogens is 584 g/mol. The van der Waals surface area contributed by atoms with E-state index in [9.17, 15) is 27.6 Å². The minimum absolute atomic E-state index is 0.0401. The summed E-state index contributed by atoms with van der Waals surface area (Å²) in [6, 6.07) is 4.87. The first kappa shape index (κ1) is 31.8. The summed E-state index contributed by atoms with van der Waals surface area (Å²) in [5.74, 6) is -2.31. The number of sulfonamides is 1. The molecule has 1 aromatic carbocycles. The molecule has 4 atom stereocenters. The van der Waals surface area contributed by atoms with E-state index in [2.05, 4.69) is 15.4 Å². The molecule has 1 aromatic rings. The summed E-state index contributed by atoms with van der Waals surface area (Å²) in [5, 5.41) is 5.46. The molecule has 2 aliphatic heterocycles. The number of carbonyl (C=O) groups is 4. The Labute approximate surface area is 251 Å². The van der Waals surface area contributed by atoms with Crippen molar-refractivity contribution >= 4 is 45.4 Å². The van der Waals surface area contributed by atoms with Crippen molar-refractivity contribution < 1.29 is 32.3 Å². The molecule has 3 N–H and O–H groups in total. The third-order valence-electron chi connectivity index (χ3n) is 7.67. The molecule has 0 unspecified atom stereocenters. The molecule has 13 heteroatoms. The number of hydrogen-bond acceptors (Lipinski definition) is 7. The summed E-state index contributed by atoms with van der Waals surface area (Å²) in [5.41, 5.74) is -2.06. The number of benzene rings is 1. The smallest absolute Gasteiger partial charge is 0.408 e. The summed E-state index contributed by atoms with van der Waals surface area (Å²) in [4.78, 5) is 54.5. The predicted octanol–water partition coefficient (Wildman–Crippen LogP) is 3.42. The van der Waals surface area contributed by atoms with Crippen molar-refractivity contribution in [1.82, 2.24) is 20.3 Å². The van der Waals surface area contributed by atoms with Gasteiger partial charge in [0.15, 0.2) is 6.10 Å². The molecule has 0 bridgehead atoms. The molecule has 0 radical (unpaired) electrons. The van der Waals surface area contributed by atoms with Crippen LogP contribution in [0.2, 0.25) is 5.02 Å². The normalized spacial score (nSPS) is 27.0. The maximum absolute atomic E-state index is 13.7. The van der Waals surface area contributed by atoms with E-state index in [4.69, 9.17) is 16.3 Å². The van der Waals surface area contributed by atoms with E-state index in [0.29, 0.717) is 38.6 Å². The fourth-order valence-corrected chi connectivity index (χ4v) is 6.99. The van der Waals surface area contributed by atoms with Gasteiger partial charge in [-0.3, -0.25) is 14.4 Å². The van der Waals surface area contributed by atoms with Crippen LogP contribution in [0.25, 0.3) is 0 Å². The van der Waals surface area contributed by atoms with Gasteiger partial charge >= 0.3 is 6.09 Å². The highest BCUT2D eigenvalue weighted by atomic mass is 35.5. The Morgan fingerprint density at radius 1 is 1.10 bits per heavy atom. The van der Waals surface area contributed by atoms with E-state index in [1.165, 1.54) is 23.1 Å². The number of nitrogens with one attached hydrogen (secondary N) is 3. The molecule has 11 nitrogen and oxygen atoms in total. The summed E-state index contributed by atoms with van der Waals surface area (Å²) in [7, 11) is -4.32. The Bertz CT molecular complexity index is 1360. The van der Waals surface area contributed by atoms with Gasteiger partial charge in [0, 0.05) is 18.0 Å². The van der Waals surface area contributed by atoms with Crippen LogP contribution in [0, 0.1) is 5.92 Å². The van der Waals surface area contributed by atoms with Crippen molar-refractivity contribution in [2.75, 3.05) is 6.54 Å². The highest BCUT2D eigenvalue weighted by Gasteiger charge is 2.61. The quantitative estimate of drug-likeness (QED) is 0.435. The molecule has 2 fully saturated rings. The molecule has 230 valence electrons. The van der Waals surface area contributed by atoms with Gasteiger partial charge in [0.05, 0.1) is 5.02 Å². The van der Waals surface area contributed by atoms with Gasteiger partial charge in [0.1, 0.15) is 16.5 Å². The number of ether oxygens (including phenoxy) is 1. The van der Waals surface area contributed by atoms with Crippen molar-refractivity contribution in [3.8, 4) is 0 Å². The van der Waals surface area contributed by atoms with Crippen LogP contribution in [0.4, 0.5) is 4.79 Å². The predicted molar refractivity (Wildman–Crippen MR) is 156 cm³/mol. The molecule has 42 heavy (non-hydrogen) atoms. The van der Waals surface area contributed by atoms with E-state index in [-0.39, 0.29) is 16.3 Å². The number of nitrogens with zero attached hydrogens (tertiary/aromatic N) is 1. The lowest BCUT2D eigenvalue weighted by molar-refractivity contribution is -0.146. The molecule has 4 amide bonds. The average Bonchev–Trinajstić information content (AvgIpc) is 3.35. The summed E-state index contributed by atoms with van der Waals surface area (Å²) in [6.07, 6.45) is 6.34. The number of fused-ring (bicyclic) bond motifs is 2. The molecule has 0 spiro atoms. The number of halogens is 1. The molecule has 1 aliphatic carbocycles. The van der Waals surface area contributed by atoms with E-state index < -0.39 is 63.0 Å². The highest BCUT2D eigenvalue weighted by molar-refractivity contribution is 7.90. The Morgan fingerprint density at radius 3 is 2.55 bits per heavy atom. The molecule has 0 aromatic heterocycles. The summed E-state index contributed by atoms with van der Waals surface area (Å²) < 4.78 is 33.7. The van der Waals surface area contributed by atoms with Crippen LogP contribution in [0.3, 0.4) is 0 Å². The SMILES string of the molecule is CC(C)(C)NC(=O)O[C@H]1CCCCCC=C[C@@H]2C[C@@]2(C(=O)NS(=O)(=O)c2ccccc2Cl)NC(=O)[C@@H]2CCCN2C1=O. The highest BCUT2D eigenvalue weighted by Crippen LogP contribution is 2.46. The van der Waals surface area contributed by atoms with Crippen LogP contribution in [0.15, 0.2) is 41.3 Å². The average molecular weight is 623 g/mol. The van der Waals surface area contributed by atoms with Gasteiger partial charge in [-0.15, -0.1) is 0 Å². The van der Waals surface area contributed by atoms with Gasteiger partial charge in [0.2, 0.25) is 5.91 Å². The fourth-order valence-electron chi connectivity index (χ4n) is 5.43. The maximum Gasteiger partial charge on any atom is 0.408 e. The standard InChI is InChI=1S/C29H39ClN4O7S/c1-28(2,3)32-27(38)41-22-15-8-6-4-5-7-12-19-18-29(19,31-24(35)21-14-11-17-34(21)25(22)36)26(37)33-42(39,40)23-16-10-9-13-20(23)30/h7,9-10,12-13,16,19,21-22H,4-6,8,11,14-15,17-18H2,1-3H3,(H,31,35)(H,32,38)(H,33,37)/t19-,21+,22+,29-/m1/s1. The second-order valence-electron chi connectivity index (χ2n) is 12.2. The van der Waals surface area contributed by atoms with Gasteiger partial charge in [-0.1, -0.05) is 42.3 Å². The summed E-state index contributed by atoms with van der Waals surface area (Å²) >= 11 is 6.07. The number of carbonyl (C=O) groups excluding carboxylic acids is 4. The van der Waals surface area contributed by atoms with Crippen LogP contribution in [-0.4, -0.2) is 66.9 Å². The first-order valence-corrected chi connectivity index (χ1v) is 16.2. The number of amides is 4. The van der Waals surface area contributed by atoms with Gasteiger partial charge < -0.3 is 20.3 Å². The third kappa shape index (κ3) is 7.44. The van der Waals surface area contributed by atoms with Crippen molar-refractivity contribution in [2.24, 2.45) is 5.92 Å². The topological polar surface area (TPSA) is 151 Å². The van der Waals surface area contributed by atoms with E-state index in [1.54, 1.807) is 26.8 Å². The van der Waals surface area contributed by atoms with Crippen LogP contribution >= 0.6 is 11.6 Å². The Hall–Kier alpha value is -3.12. The maximum atomic E-state index is 13.7. The zero-order valence-corrected chi connectivity index (χ0v) is 25.7. The first-order valence-electron chi connectivity index (χ1n) is 14.3. The third-order valence-corrected chi connectivity index (χ3v) is 9.50. The van der Waals surface area contributed by atoms with Crippen molar-refractivity contribution in [2.45, 2.75) is 100 Å². The zero-order chi connectivity index (χ0) is 30.7. The minimum atomic E-state index is -4.32. The summed E-state index contributed by atoms with van der Waals surface area (Å²) in [6.45, 7) is 5.70. The van der Waals surface area contributed by atoms with Gasteiger partial charge in [-0.05, 0) is 77.8 Å². The molecule has 1 saturated heterocycles. The lowest BCUT2D eigenvalue weighted by atomic mass is 10.1. The van der Waals surface area contributed by atoms with Gasteiger partial charge in [-0.25, -0.2) is 17.9 Å². The van der Waals surface area contributed by atoms with Gasteiger partial charge in [0.25, 0.3) is 21.8 Å². The number of rotatable bonds is 4.